The molecule has 30 heavy (non-hydrogen) atoms. The van der Waals surface area contributed by atoms with E-state index in [-0.39, 0.29) is 6.04 Å². The highest BCUT2D eigenvalue weighted by atomic mass is 35.5. The van der Waals surface area contributed by atoms with Crippen LogP contribution < -0.4 is 0 Å². The van der Waals surface area contributed by atoms with Gasteiger partial charge in [0.25, 0.3) is 0 Å². The molecule has 1 atom stereocenters. The number of thiazole rings is 1. The lowest BCUT2D eigenvalue weighted by molar-refractivity contribution is 0.305. The molecule has 0 saturated carbocycles. The van der Waals surface area contributed by atoms with Crippen molar-refractivity contribution in [2.24, 2.45) is 0 Å². The van der Waals surface area contributed by atoms with E-state index in [9.17, 15) is 0 Å². The molecule has 0 fully saturated rings. The average molecular weight is 460 g/mol. The summed E-state index contributed by atoms with van der Waals surface area (Å²) >= 11 is 9.29. The Kier molecular flexibility index (Phi) is 6.29. The van der Waals surface area contributed by atoms with E-state index in [1.54, 1.807) is 23.1 Å². The Bertz CT molecular complexity index is 1130. The van der Waals surface area contributed by atoms with Gasteiger partial charge in [0.1, 0.15) is 5.76 Å². The van der Waals surface area contributed by atoms with Gasteiger partial charge in [0.2, 0.25) is 0 Å². The van der Waals surface area contributed by atoms with Crippen LogP contribution in [0.5, 0.6) is 0 Å². The molecular weight excluding hydrogens is 438 g/mol. The zero-order valence-corrected chi connectivity index (χ0v) is 19.6. The van der Waals surface area contributed by atoms with Crippen LogP contribution in [0.25, 0.3) is 16.5 Å². The molecule has 1 aromatic carbocycles. The van der Waals surface area contributed by atoms with E-state index in [0.29, 0.717) is 10.8 Å². The van der Waals surface area contributed by atoms with Gasteiger partial charge in [0, 0.05) is 21.8 Å². The Morgan fingerprint density at radius 2 is 1.93 bits per heavy atom. The minimum atomic E-state index is 0.107. The van der Waals surface area contributed by atoms with Gasteiger partial charge in [-0.05, 0) is 64.3 Å². The SMILES string of the molecule is Cc1ccc(-c2nc(CSc3nnc(C(C)N(C)C)n3-c3ccc(Cl)cc3)cs2)o1. The van der Waals surface area contributed by atoms with Crippen molar-refractivity contribution in [3.8, 4) is 16.5 Å². The Labute approximate surface area is 188 Å². The number of hydrogen-bond donors (Lipinski definition) is 0. The minimum Gasteiger partial charge on any atom is -0.459 e. The molecule has 0 aliphatic carbocycles. The summed E-state index contributed by atoms with van der Waals surface area (Å²) in [5.74, 6) is 3.27. The second-order valence-electron chi connectivity index (χ2n) is 7.14. The van der Waals surface area contributed by atoms with Crippen LogP contribution in [0.4, 0.5) is 0 Å². The van der Waals surface area contributed by atoms with Gasteiger partial charge in [-0.25, -0.2) is 4.98 Å². The first-order valence-electron chi connectivity index (χ1n) is 9.44. The third kappa shape index (κ3) is 4.46. The molecule has 3 aromatic heterocycles. The van der Waals surface area contributed by atoms with Crippen LogP contribution in [0.15, 0.2) is 51.4 Å². The molecule has 0 amide bonds. The van der Waals surface area contributed by atoms with Gasteiger partial charge < -0.3 is 4.42 Å². The highest BCUT2D eigenvalue weighted by Crippen LogP contribution is 2.31. The van der Waals surface area contributed by atoms with Crippen molar-refractivity contribution >= 4 is 34.7 Å². The maximum atomic E-state index is 6.09. The first-order chi connectivity index (χ1) is 14.4. The number of aryl methyl sites for hydroxylation is 1. The molecule has 4 rings (SSSR count). The van der Waals surface area contributed by atoms with Gasteiger partial charge >= 0.3 is 0 Å². The normalized spacial score (nSPS) is 12.6. The van der Waals surface area contributed by atoms with Gasteiger partial charge in [0.05, 0.1) is 11.7 Å². The molecule has 1 unspecified atom stereocenters. The minimum absolute atomic E-state index is 0.107. The van der Waals surface area contributed by atoms with Crippen LogP contribution in [-0.2, 0) is 5.75 Å². The number of benzene rings is 1. The van der Waals surface area contributed by atoms with E-state index in [2.05, 4.69) is 32.0 Å². The average Bonchev–Trinajstić information content (AvgIpc) is 3.45. The van der Waals surface area contributed by atoms with Crippen molar-refractivity contribution in [3.63, 3.8) is 0 Å². The lowest BCUT2D eigenvalue weighted by atomic mass is 10.2. The fraction of sp³-hybridized carbons (Fsp3) is 0.286. The predicted octanol–water partition coefficient (Wildman–Crippen LogP) is 5.86. The number of rotatable bonds is 7. The quantitative estimate of drug-likeness (QED) is 0.322. The summed E-state index contributed by atoms with van der Waals surface area (Å²) in [5, 5.41) is 13.4. The molecule has 0 aliphatic rings. The third-order valence-electron chi connectivity index (χ3n) is 4.74. The largest absolute Gasteiger partial charge is 0.459 e. The van der Waals surface area contributed by atoms with Crippen LogP contribution in [0.2, 0.25) is 5.02 Å². The van der Waals surface area contributed by atoms with Crippen LogP contribution >= 0.6 is 34.7 Å². The number of furan rings is 1. The first-order valence-corrected chi connectivity index (χ1v) is 11.7. The van der Waals surface area contributed by atoms with E-state index >= 15 is 0 Å². The summed E-state index contributed by atoms with van der Waals surface area (Å²) in [6, 6.07) is 11.8. The second kappa shape index (κ2) is 8.93. The van der Waals surface area contributed by atoms with Crippen molar-refractivity contribution in [1.29, 1.82) is 0 Å². The van der Waals surface area contributed by atoms with Gasteiger partial charge in [-0.15, -0.1) is 21.5 Å². The fourth-order valence-electron chi connectivity index (χ4n) is 2.88. The predicted molar refractivity (Wildman–Crippen MR) is 123 cm³/mol. The maximum absolute atomic E-state index is 6.09. The fourth-order valence-corrected chi connectivity index (χ4v) is 4.75. The molecule has 156 valence electrons. The molecule has 9 heteroatoms. The van der Waals surface area contributed by atoms with E-state index in [1.165, 1.54) is 0 Å². The Hall–Kier alpha value is -2.13. The van der Waals surface area contributed by atoms with Gasteiger partial charge in [-0.2, -0.15) is 0 Å². The zero-order valence-electron chi connectivity index (χ0n) is 17.2. The highest BCUT2D eigenvalue weighted by molar-refractivity contribution is 7.98. The standard InChI is InChI=1S/C21H22ClN5OS2/c1-13-5-10-18(28-13)20-23-16(11-29-20)12-30-21-25-24-19(14(2)26(3)4)27(21)17-8-6-15(22)7-9-17/h5-11,14H,12H2,1-4H3. The maximum Gasteiger partial charge on any atom is 0.196 e. The van der Waals surface area contributed by atoms with E-state index in [0.717, 1.165) is 38.9 Å². The van der Waals surface area contributed by atoms with Crippen molar-refractivity contribution < 1.29 is 4.42 Å². The zero-order chi connectivity index (χ0) is 21.3. The van der Waals surface area contributed by atoms with E-state index in [4.69, 9.17) is 21.0 Å². The number of halogens is 1. The summed E-state index contributed by atoms with van der Waals surface area (Å²) in [4.78, 5) is 6.83. The van der Waals surface area contributed by atoms with Crippen LogP contribution in [0.1, 0.15) is 30.2 Å². The lowest BCUT2D eigenvalue weighted by Crippen LogP contribution is -2.20. The van der Waals surface area contributed by atoms with Crippen molar-refractivity contribution in [2.45, 2.75) is 30.8 Å². The number of aromatic nitrogens is 4. The van der Waals surface area contributed by atoms with Gasteiger partial charge in [-0.3, -0.25) is 9.47 Å². The van der Waals surface area contributed by atoms with E-state index in [1.807, 2.05) is 57.4 Å². The number of thioether (sulfide) groups is 1. The van der Waals surface area contributed by atoms with Crippen molar-refractivity contribution in [1.82, 2.24) is 24.6 Å². The van der Waals surface area contributed by atoms with Crippen LogP contribution in [-0.4, -0.2) is 38.7 Å². The Balaban J connectivity index is 1.60. The summed E-state index contributed by atoms with van der Waals surface area (Å²) in [7, 11) is 4.07. The molecule has 0 N–H and O–H groups in total. The Morgan fingerprint density at radius 3 is 2.60 bits per heavy atom. The molecule has 0 aliphatic heterocycles. The summed E-state index contributed by atoms with van der Waals surface area (Å²) in [6.07, 6.45) is 0. The lowest BCUT2D eigenvalue weighted by Gasteiger charge is -2.20. The molecule has 4 aromatic rings. The first kappa shape index (κ1) is 21.1. The van der Waals surface area contributed by atoms with E-state index < -0.39 is 0 Å². The molecule has 6 nitrogen and oxygen atoms in total. The second-order valence-corrected chi connectivity index (χ2v) is 9.37. The van der Waals surface area contributed by atoms with Crippen molar-refractivity contribution in [2.75, 3.05) is 14.1 Å². The summed E-state index contributed by atoms with van der Waals surface area (Å²) < 4.78 is 7.78. The summed E-state index contributed by atoms with van der Waals surface area (Å²) in [5.41, 5.74) is 1.97. The van der Waals surface area contributed by atoms with Gasteiger partial charge in [-0.1, -0.05) is 23.4 Å². The molecule has 0 bridgehead atoms. The number of hydrogen-bond acceptors (Lipinski definition) is 7. The Morgan fingerprint density at radius 1 is 1.17 bits per heavy atom. The molecular formula is C21H22ClN5OS2. The smallest absolute Gasteiger partial charge is 0.196 e. The number of nitrogens with zero attached hydrogens (tertiary/aromatic N) is 5. The molecule has 0 saturated heterocycles. The summed E-state index contributed by atoms with van der Waals surface area (Å²) in [6.45, 7) is 4.05. The van der Waals surface area contributed by atoms with Crippen LogP contribution in [0.3, 0.4) is 0 Å². The molecule has 0 radical (unpaired) electrons. The van der Waals surface area contributed by atoms with Gasteiger partial charge in [0.15, 0.2) is 21.7 Å². The molecule has 0 spiro atoms. The third-order valence-corrected chi connectivity index (χ3v) is 6.86. The topological polar surface area (TPSA) is 60.0 Å². The van der Waals surface area contributed by atoms with Crippen LogP contribution in [0, 0.1) is 6.92 Å². The highest BCUT2D eigenvalue weighted by Gasteiger charge is 2.21. The molecule has 3 heterocycles. The monoisotopic (exact) mass is 459 g/mol. The van der Waals surface area contributed by atoms with Crippen molar-refractivity contribution in [3.05, 3.63) is 64.1 Å².